The van der Waals surface area contributed by atoms with Crippen molar-refractivity contribution in [3.63, 3.8) is 0 Å². The van der Waals surface area contributed by atoms with Crippen LogP contribution in [0.1, 0.15) is 47.4 Å². The molecular formula is C32H33N3O4. The fraction of sp³-hybridized carbons (Fsp3) is 0.250. The highest BCUT2D eigenvalue weighted by Crippen LogP contribution is 2.42. The number of hydrogen-bond donors (Lipinski definition) is 0. The summed E-state index contributed by atoms with van der Waals surface area (Å²) in [6.07, 6.45) is 3.67. The quantitative estimate of drug-likeness (QED) is 0.275. The van der Waals surface area contributed by atoms with Crippen molar-refractivity contribution in [1.82, 2.24) is 9.47 Å². The molecule has 7 nitrogen and oxygen atoms in total. The SMILES string of the molecule is CCCCN(CC(=O)N1c2ccccc2-n2cccc2C1c1ccccc1)C(=O)c1c(OC)cccc1OC. The second-order valence-electron chi connectivity index (χ2n) is 9.49. The minimum Gasteiger partial charge on any atom is -0.496 e. The van der Waals surface area contributed by atoms with Gasteiger partial charge in [-0.1, -0.05) is 61.9 Å². The molecule has 0 aliphatic carbocycles. The van der Waals surface area contributed by atoms with Crippen LogP contribution in [-0.2, 0) is 4.79 Å². The van der Waals surface area contributed by atoms with Gasteiger partial charge in [0.15, 0.2) is 0 Å². The van der Waals surface area contributed by atoms with E-state index in [1.165, 1.54) is 14.2 Å². The summed E-state index contributed by atoms with van der Waals surface area (Å²) in [4.78, 5) is 31.8. The number of amides is 2. The van der Waals surface area contributed by atoms with Gasteiger partial charge in [0, 0.05) is 12.7 Å². The van der Waals surface area contributed by atoms with Gasteiger partial charge in [-0.25, -0.2) is 0 Å². The van der Waals surface area contributed by atoms with Gasteiger partial charge >= 0.3 is 0 Å². The maximum Gasteiger partial charge on any atom is 0.261 e. The van der Waals surface area contributed by atoms with Gasteiger partial charge in [0.1, 0.15) is 29.6 Å². The van der Waals surface area contributed by atoms with E-state index in [-0.39, 0.29) is 24.4 Å². The van der Waals surface area contributed by atoms with Gasteiger partial charge in [-0.15, -0.1) is 0 Å². The van der Waals surface area contributed by atoms with Crippen LogP contribution >= 0.6 is 0 Å². The van der Waals surface area contributed by atoms with Gasteiger partial charge in [-0.05, 0) is 48.4 Å². The second-order valence-corrected chi connectivity index (χ2v) is 9.49. The number of aromatic nitrogens is 1. The third-order valence-electron chi connectivity index (χ3n) is 7.14. The van der Waals surface area contributed by atoms with E-state index in [4.69, 9.17) is 9.47 Å². The van der Waals surface area contributed by atoms with Crippen LogP contribution in [0.2, 0.25) is 0 Å². The van der Waals surface area contributed by atoms with Gasteiger partial charge in [0.25, 0.3) is 5.91 Å². The molecule has 1 atom stereocenters. The number of carbonyl (C=O) groups is 2. The molecule has 5 rings (SSSR count). The lowest BCUT2D eigenvalue weighted by Crippen LogP contribution is -2.47. The highest BCUT2D eigenvalue weighted by atomic mass is 16.5. The molecule has 0 fully saturated rings. The summed E-state index contributed by atoms with van der Waals surface area (Å²) >= 11 is 0. The maximum absolute atomic E-state index is 14.4. The number of ether oxygens (including phenoxy) is 2. The molecule has 1 aromatic heterocycles. The monoisotopic (exact) mass is 523 g/mol. The van der Waals surface area contributed by atoms with E-state index in [1.807, 2.05) is 77.8 Å². The Hall–Kier alpha value is -4.52. The van der Waals surface area contributed by atoms with Crippen LogP contribution in [0.4, 0.5) is 5.69 Å². The number of unbranched alkanes of at least 4 members (excludes halogenated alkanes) is 1. The molecule has 0 spiro atoms. The van der Waals surface area contributed by atoms with Crippen molar-refractivity contribution in [2.24, 2.45) is 0 Å². The first-order valence-corrected chi connectivity index (χ1v) is 13.2. The molecule has 1 aliphatic rings. The number of hydrogen-bond acceptors (Lipinski definition) is 4. The molecule has 2 heterocycles. The predicted octanol–water partition coefficient (Wildman–Crippen LogP) is 5.87. The summed E-state index contributed by atoms with van der Waals surface area (Å²) in [7, 11) is 3.05. The summed E-state index contributed by atoms with van der Waals surface area (Å²) in [6, 6.07) is 26.9. The molecule has 3 aromatic carbocycles. The van der Waals surface area contributed by atoms with Crippen molar-refractivity contribution in [3.8, 4) is 17.2 Å². The van der Waals surface area contributed by atoms with Gasteiger partial charge in [-0.3, -0.25) is 14.5 Å². The highest BCUT2D eigenvalue weighted by molar-refractivity contribution is 6.04. The summed E-state index contributed by atoms with van der Waals surface area (Å²) in [5, 5.41) is 0. The Morgan fingerprint density at radius 3 is 2.15 bits per heavy atom. The Labute approximate surface area is 229 Å². The first-order chi connectivity index (χ1) is 19.1. The first kappa shape index (κ1) is 26.1. The molecule has 2 amide bonds. The van der Waals surface area contributed by atoms with Crippen LogP contribution in [0.15, 0.2) is 91.1 Å². The smallest absolute Gasteiger partial charge is 0.261 e. The van der Waals surface area contributed by atoms with E-state index in [2.05, 4.69) is 11.5 Å². The van der Waals surface area contributed by atoms with Crippen LogP contribution in [0, 0.1) is 0 Å². The van der Waals surface area contributed by atoms with Crippen LogP contribution in [0.25, 0.3) is 5.69 Å². The highest BCUT2D eigenvalue weighted by Gasteiger charge is 2.37. The van der Waals surface area contributed by atoms with Gasteiger partial charge < -0.3 is 18.9 Å². The van der Waals surface area contributed by atoms with Gasteiger partial charge in [-0.2, -0.15) is 0 Å². The van der Waals surface area contributed by atoms with Crippen LogP contribution < -0.4 is 14.4 Å². The largest absolute Gasteiger partial charge is 0.496 e. The van der Waals surface area contributed by atoms with Crippen LogP contribution in [0.3, 0.4) is 0 Å². The summed E-state index contributed by atoms with van der Waals surface area (Å²) in [5.74, 6) is 0.367. The third kappa shape index (κ3) is 4.88. The average Bonchev–Trinajstić information content (AvgIpc) is 3.48. The lowest BCUT2D eigenvalue weighted by molar-refractivity contribution is -0.119. The van der Waals surface area contributed by atoms with Crippen molar-refractivity contribution < 1.29 is 19.1 Å². The lowest BCUT2D eigenvalue weighted by Gasteiger charge is -2.39. The predicted molar refractivity (Wildman–Crippen MR) is 152 cm³/mol. The number of methoxy groups -OCH3 is 2. The van der Waals surface area contributed by atoms with E-state index < -0.39 is 0 Å². The molecule has 0 saturated heterocycles. The van der Waals surface area contributed by atoms with Crippen LogP contribution in [0.5, 0.6) is 11.5 Å². The number of fused-ring (bicyclic) bond motifs is 3. The minimum absolute atomic E-state index is 0.0849. The molecule has 7 heteroatoms. The molecule has 0 N–H and O–H groups in total. The molecule has 39 heavy (non-hydrogen) atoms. The van der Waals surface area contributed by atoms with E-state index in [1.54, 1.807) is 23.1 Å². The van der Waals surface area contributed by atoms with Crippen molar-refractivity contribution in [1.29, 1.82) is 0 Å². The number of rotatable bonds is 9. The van der Waals surface area contributed by atoms with E-state index >= 15 is 0 Å². The number of nitrogens with zero attached hydrogens (tertiary/aromatic N) is 3. The fourth-order valence-electron chi connectivity index (χ4n) is 5.27. The zero-order chi connectivity index (χ0) is 27.4. The minimum atomic E-state index is -0.340. The molecule has 1 unspecified atom stereocenters. The van der Waals surface area contributed by atoms with Crippen molar-refractivity contribution >= 4 is 17.5 Å². The Balaban J connectivity index is 1.57. The molecule has 1 aliphatic heterocycles. The molecule has 0 radical (unpaired) electrons. The fourth-order valence-corrected chi connectivity index (χ4v) is 5.27. The Morgan fingerprint density at radius 1 is 0.821 bits per heavy atom. The normalized spacial score (nSPS) is 13.8. The Kier molecular flexibility index (Phi) is 7.68. The van der Waals surface area contributed by atoms with E-state index in [9.17, 15) is 9.59 Å². The molecular weight excluding hydrogens is 490 g/mol. The number of para-hydroxylation sites is 2. The van der Waals surface area contributed by atoms with Crippen molar-refractivity contribution in [2.45, 2.75) is 25.8 Å². The standard InChI is InChI=1S/C32H33N3O4/c1-4-5-20-33(32(37)30-27(38-2)18-11-19-28(30)39-3)22-29(36)35-25-16-10-9-15-24(25)34-21-12-17-26(34)31(35)23-13-7-6-8-14-23/h6-19,21,31H,4-5,20,22H2,1-3H3. The first-order valence-electron chi connectivity index (χ1n) is 13.2. The summed E-state index contributed by atoms with van der Waals surface area (Å²) in [6.45, 7) is 2.41. The number of anilines is 1. The third-order valence-corrected chi connectivity index (χ3v) is 7.14. The van der Waals surface area contributed by atoms with Crippen molar-refractivity contribution in [3.05, 3.63) is 108 Å². The molecule has 4 aromatic rings. The lowest BCUT2D eigenvalue weighted by atomic mass is 9.97. The van der Waals surface area contributed by atoms with Crippen molar-refractivity contribution in [2.75, 3.05) is 32.2 Å². The van der Waals surface area contributed by atoms with E-state index in [0.717, 1.165) is 35.5 Å². The average molecular weight is 524 g/mol. The number of benzene rings is 3. The summed E-state index contributed by atoms with van der Waals surface area (Å²) < 4.78 is 13.2. The maximum atomic E-state index is 14.4. The summed E-state index contributed by atoms with van der Waals surface area (Å²) in [5.41, 5.74) is 4.04. The second kappa shape index (κ2) is 11.5. The Bertz CT molecular complexity index is 1440. The molecule has 0 bridgehead atoms. The van der Waals surface area contributed by atoms with Gasteiger partial charge in [0.2, 0.25) is 5.91 Å². The molecule has 200 valence electrons. The van der Waals surface area contributed by atoms with Crippen LogP contribution in [-0.4, -0.2) is 48.6 Å². The number of carbonyl (C=O) groups excluding carboxylic acids is 2. The topological polar surface area (TPSA) is 64.0 Å². The molecule has 0 saturated carbocycles. The Morgan fingerprint density at radius 2 is 1.49 bits per heavy atom. The zero-order valence-corrected chi connectivity index (χ0v) is 22.5. The zero-order valence-electron chi connectivity index (χ0n) is 22.5. The van der Waals surface area contributed by atoms with E-state index in [0.29, 0.717) is 23.6 Å². The van der Waals surface area contributed by atoms with Gasteiger partial charge in [0.05, 0.1) is 31.3 Å².